The van der Waals surface area contributed by atoms with Gasteiger partial charge in [0.1, 0.15) is 4.90 Å². The van der Waals surface area contributed by atoms with Crippen molar-refractivity contribution in [3.05, 3.63) is 24.4 Å². The maximum Gasteiger partial charge on any atom is 0.242 e. The lowest BCUT2D eigenvalue weighted by atomic mass is 10.1. The number of nitrogens with one attached hydrogen (secondary N) is 2. The number of hydrogen-bond donors (Lipinski definition) is 3. The Morgan fingerprint density at radius 1 is 1.38 bits per heavy atom. The first-order valence-electron chi connectivity index (χ1n) is 6.75. The molecule has 0 fully saturated rings. The minimum atomic E-state index is -3.61. The fraction of sp³-hybridized carbons (Fsp3) is 0.429. The van der Waals surface area contributed by atoms with E-state index in [2.05, 4.69) is 9.71 Å². The van der Waals surface area contributed by atoms with Crippen LogP contribution in [0, 0.1) is 0 Å². The molecule has 1 aromatic carbocycles. The minimum absolute atomic E-state index is 0.199. The van der Waals surface area contributed by atoms with Gasteiger partial charge in [0.25, 0.3) is 0 Å². The average Bonchev–Trinajstić information content (AvgIpc) is 2.80. The van der Waals surface area contributed by atoms with E-state index in [4.69, 9.17) is 10.5 Å². The minimum Gasteiger partial charge on any atom is -0.399 e. The van der Waals surface area contributed by atoms with Gasteiger partial charge in [0.15, 0.2) is 0 Å². The van der Waals surface area contributed by atoms with Crippen LogP contribution in [0.1, 0.15) is 20.8 Å². The summed E-state index contributed by atoms with van der Waals surface area (Å²) in [6.07, 6.45) is 1.47. The molecular weight excluding hydrogens is 290 g/mol. The summed E-state index contributed by atoms with van der Waals surface area (Å²) in [4.78, 5) is 3.14. The molecule has 1 aromatic heterocycles. The Hall–Kier alpha value is -1.57. The highest BCUT2D eigenvalue weighted by Crippen LogP contribution is 2.24. The first-order valence-corrected chi connectivity index (χ1v) is 8.24. The van der Waals surface area contributed by atoms with E-state index in [0.717, 1.165) is 0 Å². The van der Waals surface area contributed by atoms with Crippen molar-refractivity contribution in [2.45, 2.75) is 31.3 Å². The van der Waals surface area contributed by atoms with Crippen LogP contribution in [0.3, 0.4) is 0 Å². The maximum atomic E-state index is 12.4. The van der Waals surface area contributed by atoms with Crippen LogP contribution in [-0.2, 0) is 14.8 Å². The van der Waals surface area contributed by atoms with Crippen LogP contribution in [-0.4, -0.2) is 32.2 Å². The Morgan fingerprint density at radius 2 is 2.10 bits per heavy atom. The van der Waals surface area contributed by atoms with E-state index in [1.165, 1.54) is 6.20 Å². The number of sulfonamides is 1. The van der Waals surface area contributed by atoms with E-state index < -0.39 is 15.6 Å². The first-order chi connectivity index (χ1) is 9.75. The van der Waals surface area contributed by atoms with Gasteiger partial charge in [0.2, 0.25) is 10.0 Å². The second kappa shape index (κ2) is 5.67. The van der Waals surface area contributed by atoms with Crippen molar-refractivity contribution in [3.8, 4) is 0 Å². The van der Waals surface area contributed by atoms with Gasteiger partial charge in [0.05, 0.1) is 5.60 Å². The number of rotatable bonds is 6. The van der Waals surface area contributed by atoms with Crippen LogP contribution in [0.25, 0.3) is 10.9 Å². The number of nitrogen functional groups attached to an aromatic ring is 1. The number of benzene rings is 1. The lowest BCUT2D eigenvalue weighted by molar-refractivity contribution is -0.00514. The Kier molecular flexibility index (Phi) is 4.27. The van der Waals surface area contributed by atoms with E-state index in [1.807, 2.05) is 20.8 Å². The van der Waals surface area contributed by atoms with E-state index in [0.29, 0.717) is 23.2 Å². The van der Waals surface area contributed by atoms with Gasteiger partial charge in [-0.05, 0) is 39.0 Å². The van der Waals surface area contributed by atoms with Crippen LogP contribution in [0.15, 0.2) is 29.3 Å². The molecule has 2 aromatic rings. The van der Waals surface area contributed by atoms with Gasteiger partial charge in [-0.25, -0.2) is 13.1 Å². The number of hydrogen-bond acceptors (Lipinski definition) is 4. The molecule has 0 atom stereocenters. The molecular formula is C14H21N3O3S. The van der Waals surface area contributed by atoms with Crippen molar-refractivity contribution in [1.82, 2.24) is 9.71 Å². The second-order valence-corrected chi connectivity index (χ2v) is 7.21. The smallest absolute Gasteiger partial charge is 0.242 e. The highest BCUT2D eigenvalue weighted by molar-refractivity contribution is 7.89. The van der Waals surface area contributed by atoms with Crippen molar-refractivity contribution in [2.24, 2.45) is 0 Å². The Bertz CT molecular complexity index is 735. The quantitative estimate of drug-likeness (QED) is 0.709. The zero-order chi connectivity index (χ0) is 15.7. The predicted octanol–water partition coefficient (Wildman–Crippen LogP) is 1.84. The lowest BCUT2D eigenvalue weighted by Crippen LogP contribution is -2.40. The number of ether oxygens (including phenoxy) is 1. The highest BCUT2D eigenvalue weighted by Gasteiger charge is 2.24. The van der Waals surface area contributed by atoms with Gasteiger partial charge in [-0.15, -0.1) is 0 Å². The highest BCUT2D eigenvalue weighted by atomic mass is 32.2. The number of H-pyrrole nitrogens is 1. The van der Waals surface area contributed by atoms with Crippen molar-refractivity contribution < 1.29 is 13.2 Å². The van der Waals surface area contributed by atoms with Crippen LogP contribution in [0.4, 0.5) is 5.69 Å². The summed E-state index contributed by atoms with van der Waals surface area (Å²) in [5.41, 5.74) is 6.41. The average molecular weight is 311 g/mol. The Balaban J connectivity index is 2.26. The monoisotopic (exact) mass is 311 g/mol. The summed E-state index contributed by atoms with van der Waals surface area (Å²) in [5.74, 6) is 0. The summed E-state index contributed by atoms with van der Waals surface area (Å²) < 4.78 is 32.9. The van der Waals surface area contributed by atoms with Gasteiger partial charge in [-0.3, -0.25) is 0 Å². The molecule has 0 radical (unpaired) electrons. The summed E-state index contributed by atoms with van der Waals surface area (Å²) in [5, 5.41) is 0.617. The van der Waals surface area contributed by atoms with Crippen molar-refractivity contribution in [2.75, 3.05) is 18.9 Å². The van der Waals surface area contributed by atoms with Crippen molar-refractivity contribution in [3.63, 3.8) is 0 Å². The zero-order valence-electron chi connectivity index (χ0n) is 12.4. The molecule has 0 amide bonds. The lowest BCUT2D eigenvalue weighted by Gasteiger charge is -2.24. The molecule has 116 valence electrons. The number of aromatic amines is 1. The summed E-state index contributed by atoms with van der Waals surface area (Å²) in [6.45, 7) is 6.29. The van der Waals surface area contributed by atoms with Gasteiger partial charge in [-0.1, -0.05) is 0 Å². The topological polar surface area (TPSA) is 97.2 Å². The van der Waals surface area contributed by atoms with Gasteiger partial charge >= 0.3 is 0 Å². The van der Waals surface area contributed by atoms with E-state index in [1.54, 1.807) is 18.2 Å². The third-order valence-corrected chi connectivity index (χ3v) is 4.62. The molecule has 6 nitrogen and oxygen atoms in total. The molecule has 0 aliphatic carbocycles. The summed E-state index contributed by atoms with van der Waals surface area (Å²) in [6, 6.07) is 5.08. The molecule has 7 heteroatoms. The molecule has 2 rings (SSSR count). The van der Waals surface area contributed by atoms with E-state index >= 15 is 0 Å². The number of nitrogens with two attached hydrogens (primary N) is 1. The molecule has 1 heterocycles. The summed E-state index contributed by atoms with van der Waals surface area (Å²) >= 11 is 0. The van der Waals surface area contributed by atoms with E-state index in [-0.39, 0.29) is 11.4 Å². The largest absolute Gasteiger partial charge is 0.399 e. The van der Waals surface area contributed by atoms with E-state index in [9.17, 15) is 8.42 Å². The number of anilines is 1. The van der Waals surface area contributed by atoms with Crippen LogP contribution < -0.4 is 10.5 Å². The Labute approximate surface area is 124 Å². The SMILES string of the molecule is CCOC(C)(C)CNS(=O)(=O)c1c[nH]c2cc(N)ccc12. The van der Waals surface area contributed by atoms with Gasteiger partial charge in [-0.2, -0.15) is 0 Å². The van der Waals surface area contributed by atoms with Crippen LogP contribution >= 0.6 is 0 Å². The second-order valence-electron chi connectivity index (χ2n) is 5.48. The summed E-state index contributed by atoms with van der Waals surface area (Å²) in [7, 11) is -3.61. The van der Waals surface area contributed by atoms with Crippen molar-refractivity contribution >= 4 is 26.6 Å². The maximum absolute atomic E-state index is 12.4. The molecule has 0 saturated heterocycles. The molecule has 0 aliphatic rings. The van der Waals surface area contributed by atoms with Crippen molar-refractivity contribution in [1.29, 1.82) is 0 Å². The third kappa shape index (κ3) is 3.55. The molecule has 0 unspecified atom stereocenters. The fourth-order valence-electron chi connectivity index (χ4n) is 2.13. The Morgan fingerprint density at radius 3 is 2.76 bits per heavy atom. The number of fused-ring (bicyclic) bond motifs is 1. The zero-order valence-corrected chi connectivity index (χ0v) is 13.3. The van der Waals surface area contributed by atoms with Crippen LogP contribution in [0.2, 0.25) is 0 Å². The molecule has 0 spiro atoms. The molecule has 0 aliphatic heterocycles. The third-order valence-electron chi connectivity index (χ3n) is 3.18. The van der Waals surface area contributed by atoms with Gasteiger partial charge in [0, 0.05) is 35.9 Å². The standard InChI is InChI=1S/C14H21N3O3S/c1-4-20-14(2,3)9-17-21(18,19)13-8-16-12-7-10(15)5-6-11(12)13/h5-8,16-17H,4,9,15H2,1-3H3. The number of aromatic nitrogens is 1. The predicted molar refractivity (Wildman–Crippen MR) is 83.6 cm³/mol. The molecule has 4 N–H and O–H groups in total. The first kappa shape index (κ1) is 15.8. The van der Waals surface area contributed by atoms with Gasteiger partial charge < -0.3 is 15.5 Å². The molecule has 0 saturated carbocycles. The van der Waals surface area contributed by atoms with Crippen LogP contribution in [0.5, 0.6) is 0 Å². The fourth-order valence-corrected chi connectivity index (χ4v) is 3.50. The molecule has 0 bridgehead atoms. The molecule has 21 heavy (non-hydrogen) atoms. The normalized spacial score (nSPS) is 12.9.